The number of alkyl halides is 2. The minimum atomic E-state index is -2.41. The second-order valence-corrected chi connectivity index (χ2v) is 22.3. The SMILES string of the molecule is CO[C@H]1C[C@@H]2CC[C@@H](C)[C@@](O)(O2)C(=O)C(=O)N2CCCC[C@H]2C(=O)O[C@H]([C@H](I)C[C@@H]2CC[C@@H](I)[C@H](OC)C2)CC(=O)[C@H](C)/C=C(\C)[C@@H](O)[C@@H](OC)C(=O)[C@H](C)C[C@H](C)/C=C/C=CC=C1C. The Morgan fingerprint density at radius 3 is 2.28 bits per heavy atom. The van der Waals surface area contributed by atoms with Gasteiger partial charge in [0.05, 0.1) is 18.3 Å². The number of methoxy groups -OCH3 is 3. The molecule has 15 atom stereocenters. The number of carbonyl (C=O) groups excluding carboxylic acids is 5. The molecular weight excluding hydrogens is 1060 g/mol. The molecule has 0 aromatic rings. The molecule has 2 N–H and O–H groups in total. The molecule has 15 heteroatoms. The van der Waals surface area contributed by atoms with Crippen LogP contribution in [0, 0.1) is 29.6 Å². The first kappa shape index (κ1) is 55.7. The van der Waals surface area contributed by atoms with E-state index in [4.69, 9.17) is 23.7 Å². The second kappa shape index (κ2) is 26.2. The molecular formula is C50H75I2NO12. The number of hydrogen-bond acceptors (Lipinski definition) is 12. The Bertz CT molecular complexity index is 1770. The number of aliphatic hydroxyl groups is 2. The van der Waals surface area contributed by atoms with Gasteiger partial charge in [0.2, 0.25) is 5.79 Å². The minimum Gasteiger partial charge on any atom is -0.459 e. The van der Waals surface area contributed by atoms with E-state index in [0.29, 0.717) is 54.4 Å². The van der Waals surface area contributed by atoms with Gasteiger partial charge >= 0.3 is 5.97 Å². The Morgan fingerprint density at radius 2 is 1.60 bits per heavy atom. The van der Waals surface area contributed by atoms with Crippen LogP contribution in [0.25, 0.3) is 0 Å². The summed E-state index contributed by atoms with van der Waals surface area (Å²) in [6, 6.07) is -1.11. The van der Waals surface area contributed by atoms with E-state index in [1.165, 1.54) is 12.0 Å². The fraction of sp³-hybridized carbons (Fsp3) is 0.740. The summed E-state index contributed by atoms with van der Waals surface area (Å²) in [7, 11) is 4.69. The van der Waals surface area contributed by atoms with Gasteiger partial charge in [0, 0.05) is 66.3 Å². The molecule has 366 valence electrons. The van der Waals surface area contributed by atoms with Gasteiger partial charge in [-0.2, -0.15) is 0 Å². The van der Waals surface area contributed by atoms with Crippen LogP contribution in [0.5, 0.6) is 0 Å². The van der Waals surface area contributed by atoms with Gasteiger partial charge in [0.1, 0.15) is 30.1 Å². The number of esters is 1. The van der Waals surface area contributed by atoms with E-state index in [1.54, 1.807) is 41.1 Å². The van der Waals surface area contributed by atoms with Crippen LogP contribution in [0.2, 0.25) is 0 Å². The van der Waals surface area contributed by atoms with E-state index < -0.39 is 77.8 Å². The summed E-state index contributed by atoms with van der Waals surface area (Å²) in [4.78, 5) is 71.9. The summed E-state index contributed by atoms with van der Waals surface area (Å²) in [6.45, 7) is 10.9. The number of rotatable bonds is 6. The molecule has 4 aliphatic rings. The van der Waals surface area contributed by atoms with E-state index in [-0.39, 0.29) is 52.8 Å². The molecule has 1 aliphatic carbocycles. The van der Waals surface area contributed by atoms with Crippen molar-refractivity contribution in [3.8, 4) is 0 Å². The van der Waals surface area contributed by atoms with E-state index in [0.717, 1.165) is 24.8 Å². The van der Waals surface area contributed by atoms with Crippen LogP contribution in [-0.2, 0) is 47.7 Å². The van der Waals surface area contributed by atoms with Crippen LogP contribution < -0.4 is 0 Å². The van der Waals surface area contributed by atoms with Crippen molar-refractivity contribution in [1.82, 2.24) is 4.90 Å². The number of hydrogen-bond donors (Lipinski definition) is 2. The average Bonchev–Trinajstić information content (AvgIpc) is 3.28. The maximum Gasteiger partial charge on any atom is 0.329 e. The van der Waals surface area contributed by atoms with Crippen molar-refractivity contribution in [1.29, 1.82) is 0 Å². The maximum absolute atomic E-state index is 14.4. The first-order valence-corrected chi connectivity index (χ1v) is 26.0. The number of aliphatic hydroxyl groups excluding tert-OH is 1. The zero-order chi connectivity index (χ0) is 48.2. The third-order valence-electron chi connectivity index (χ3n) is 14.1. The topological polar surface area (TPSA) is 175 Å². The van der Waals surface area contributed by atoms with E-state index >= 15 is 0 Å². The zero-order valence-electron chi connectivity index (χ0n) is 39.9. The van der Waals surface area contributed by atoms with Gasteiger partial charge in [-0.15, -0.1) is 0 Å². The summed E-state index contributed by atoms with van der Waals surface area (Å²) >= 11 is 4.70. The average molecular weight is 1140 g/mol. The number of piperidine rings is 1. The summed E-state index contributed by atoms with van der Waals surface area (Å²) in [5.74, 6) is -7.27. The van der Waals surface area contributed by atoms with Crippen molar-refractivity contribution in [2.24, 2.45) is 29.6 Å². The minimum absolute atomic E-state index is 0.0294. The smallest absolute Gasteiger partial charge is 0.329 e. The van der Waals surface area contributed by atoms with Crippen molar-refractivity contribution in [2.75, 3.05) is 27.9 Å². The molecule has 1 saturated carbocycles. The Hall–Kier alpha value is -1.87. The number of ketones is 3. The van der Waals surface area contributed by atoms with Crippen molar-refractivity contribution in [3.63, 3.8) is 0 Å². The molecule has 0 unspecified atom stereocenters. The molecule has 3 heterocycles. The van der Waals surface area contributed by atoms with E-state index in [1.807, 2.05) is 51.2 Å². The Balaban J connectivity index is 1.70. The van der Waals surface area contributed by atoms with Crippen LogP contribution in [0.4, 0.5) is 0 Å². The highest BCUT2D eigenvalue weighted by Gasteiger charge is 2.53. The number of carbonyl (C=O) groups is 5. The lowest BCUT2D eigenvalue weighted by molar-refractivity contribution is -0.265. The monoisotopic (exact) mass is 1140 g/mol. The summed E-state index contributed by atoms with van der Waals surface area (Å²) in [5.41, 5.74) is 1.30. The van der Waals surface area contributed by atoms with Crippen LogP contribution in [-0.4, -0.2) is 129 Å². The third kappa shape index (κ3) is 15.1. The fourth-order valence-electron chi connectivity index (χ4n) is 9.76. The first-order chi connectivity index (χ1) is 30.7. The zero-order valence-corrected chi connectivity index (χ0v) is 44.2. The number of cyclic esters (lactones) is 1. The van der Waals surface area contributed by atoms with Crippen molar-refractivity contribution in [2.45, 2.75) is 175 Å². The number of allylic oxidation sites excluding steroid dienone is 6. The molecule has 0 spiro atoms. The number of amides is 1. The highest BCUT2D eigenvalue weighted by Crippen LogP contribution is 2.38. The Morgan fingerprint density at radius 1 is 0.877 bits per heavy atom. The van der Waals surface area contributed by atoms with Crippen LogP contribution in [0.1, 0.15) is 119 Å². The number of nitrogens with zero attached hydrogens (tertiary/aromatic N) is 1. The van der Waals surface area contributed by atoms with Gasteiger partial charge in [-0.1, -0.05) is 109 Å². The molecule has 0 radical (unpaired) electrons. The highest BCUT2D eigenvalue weighted by atomic mass is 127. The Labute approximate surface area is 414 Å². The normalized spacial score (nSPS) is 39.1. The third-order valence-corrected chi connectivity index (χ3v) is 16.8. The lowest BCUT2D eigenvalue weighted by atomic mass is 9.83. The molecule has 0 aromatic carbocycles. The summed E-state index contributed by atoms with van der Waals surface area (Å²) < 4.78 is 29.8. The Kier molecular flexibility index (Phi) is 22.5. The lowest BCUT2D eigenvalue weighted by Gasteiger charge is -2.42. The van der Waals surface area contributed by atoms with Gasteiger partial charge in [0.25, 0.3) is 11.7 Å². The van der Waals surface area contributed by atoms with Crippen molar-refractivity contribution < 1.29 is 57.9 Å². The van der Waals surface area contributed by atoms with Crippen molar-refractivity contribution >= 4 is 74.4 Å². The molecule has 1 amide bonds. The van der Waals surface area contributed by atoms with Crippen LogP contribution >= 0.6 is 45.2 Å². The quantitative estimate of drug-likeness (QED) is 0.0870. The molecule has 3 fully saturated rings. The number of ether oxygens (including phenoxy) is 5. The first-order valence-electron chi connectivity index (χ1n) is 23.5. The standard InChI is InChI=1S/C50H75I2NO12/c1-29-15-11-10-12-16-30(2)41(61-7)27-36-20-18-34(6)50(60,65-36)47(57)48(58)53-22-14-13-17-39(53)49(59)64-43(38(52)25-35-19-21-37(51)42(26-35)62-8)28-40(54)31(3)24-33(5)45(56)46(63-9)44(55)32(4)23-29/h10-12,15-16,24,29,31-32,34-39,41-43,45-46,56,60H,13-14,17-23,25-28H2,1-9H3/b12-10?,15-11+,30-16?,33-24+/t29-,31-,32-,34-,35+,36+,37-,38-,39+,41+,42-,43+,45-,46+,50-/m1/s1. The predicted molar refractivity (Wildman–Crippen MR) is 266 cm³/mol. The molecule has 0 aromatic heterocycles. The molecule has 4 rings (SSSR count). The van der Waals surface area contributed by atoms with Gasteiger partial charge < -0.3 is 38.8 Å². The van der Waals surface area contributed by atoms with E-state index in [2.05, 4.69) is 45.2 Å². The van der Waals surface area contributed by atoms with Gasteiger partial charge in [0.15, 0.2) is 5.78 Å². The largest absolute Gasteiger partial charge is 0.459 e. The maximum atomic E-state index is 14.4. The summed E-state index contributed by atoms with van der Waals surface area (Å²) in [6.07, 6.45) is 13.5. The van der Waals surface area contributed by atoms with Gasteiger partial charge in [-0.3, -0.25) is 19.2 Å². The lowest BCUT2D eigenvalue weighted by Crippen LogP contribution is -2.61. The van der Waals surface area contributed by atoms with Crippen molar-refractivity contribution in [3.05, 3.63) is 47.6 Å². The fourth-order valence-corrected chi connectivity index (χ4v) is 11.8. The molecule has 13 nitrogen and oxygen atoms in total. The summed E-state index contributed by atoms with van der Waals surface area (Å²) in [5, 5.41) is 23.4. The highest BCUT2D eigenvalue weighted by molar-refractivity contribution is 14.1. The van der Waals surface area contributed by atoms with E-state index in [9.17, 15) is 34.2 Å². The number of fused-ring (bicyclic) bond motifs is 3. The molecule has 65 heavy (non-hydrogen) atoms. The molecule has 3 aliphatic heterocycles. The molecule has 2 saturated heterocycles. The predicted octanol–water partition coefficient (Wildman–Crippen LogP) is 7.79. The molecule has 2 bridgehead atoms. The number of halogens is 2. The number of Topliss-reactive ketones (excluding diaryl/α,β-unsaturated/α-hetero) is 3. The van der Waals surface area contributed by atoms with Gasteiger partial charge in [-0.05, 0) is 101 Å². The van der Waals surface area contributed by atoms with Crippen LogP contribution in [0.15, 0.2) is 47.6 Å². The van der Waals surface area contributed by atoms with Gasteiger partial charge in [-0.25, -0.2) is 4.79 Å². The van der Waals surface area contributed by atoms with Crippen LogP contribution in [0.3, 0.4) is 0 Å². The second-order valence-electron chi connectivity index (χ2n) is 19.1.